The molecule has 0 aliphatic rings. The topological polar surface area (TPSA) is 85.8 Å². The zero-order valence-electron chi connectivity index (χ0n) is 14.9. The number of rotatable bonds is 3. The Bertz CT molecular complexity index is 1470. The normalized spacial score (nSPS) is 11.2. The summed E-state index contributed by atoms with van der Waals surface area (Å²) in [7, 11) is 0. The fourth-order valence-electron chi connectivity index (χ4n) is 3.20. The summed E-state index contributed by atoms with van der Waals surface area (Å²) >= 11 is 5.94. The van der Waals surface area contributed by atoms with Crippen molar-refractivity contribution in [1.82, 2.24) is 29.1 Å². The van der Waals surface area contributed by atoms with Crippen molar-refractivity contribution in [1.29, 1.82) is 0 Å². The van der Waals surface area contributed by atoms with Gasteiger partial charge in [0, 0.05) is 5.02 Å². The van der Waals surface area contributed by atoms with Gasteiger partial charge in [0.05, 0.1) is 30.3 Å². The molecule has 0 amide bonds. The van der Waals surface area contributed by atoms with Crippen LogP contribution in [0.5, 0.6) is 0 Å². The first-order valence-electron chi connectivity index (χ1n) is 8.67. The maximum atomic E-state index is 12.5. The molecule has 8 nitrogen and oxygen atoms in total. The number of H-pyrrole nitrogens is 1. The lowest BCUT2D eigenvalue weighted by molar-refractivity contribution is 0.774. The smallest absolute Gasteiger partial charge is 0.303 e. The maximum Gasteiger partial charge on any atom is 0.328 e. The van der Waals surface area contributed by atoms with Gasteiger partial charge in [-0.2, -0.15) is 4.98 Å². The van der Waals surface area contributed by atoms with Crippen LogP contribution < -0.4 is 5.69 Å². The molecule has 3 heterocycles. The molecule has 3 aromatic heterocycles. The van der Waals surface area contributed by atoms with Gasteiger partial charge in [0.2, 0.25) is 5.95 Å². The van der Waals surface area contributed by atoms with Crippen molar-refractivity contribution < 1.29 is 0 Å². The lowest BCUT2D eigenvalue weighted by Crippen LogP contribution is -2.18. The third-order valence-corrected chi connectivity index (χ3v) is 4.88. The van der Waals surface area contributed by atoms with Gasteiger partial charge < -0.3 is 4.98 Å². The maximum absolute atomic E-state index is 12.5. The lowest BCUT2D eigenvalue weighted by atomic mass is 10.2. The summed E-state index contributed by atoms with van der Waals surface area (Å²) in [6, 6.07) is 12.5. The van der Waals surface area contributed by atoms with Gasteiger partial charge in [-0.15, -0.1) is 0 Å². The molecule has 0 aliphatic heterocycles. The standard InChI is InChI=1S/C20H12ClN7O/c1-22-14-6-7-15-17(8-14)28(11-24-15)19-23-9-16-18(26-19)27(20(29)25-16)10-12-2-4-13(21)5-3-12/h2-9,11H,10H2,(H,25,29). The van der Waals surface area contributed by atoms with E-state index in [1.807, 2.05) is 12.1 Å². The number of imidazole rings is 2. The van der Waals surface area contributed by atoms with Crippen LogP contribution in [0.4, 0.5) is 5.69 Å². The first-order valence-corrected chi connectivity index (χ1v) is 9.05. The fraction of sp³-hybridized carbons (Fsp3) is 0.0500. The van der Waals surface area contributed by atoms with Crippen LogP contribution in [0.15, 0.2) is 59.8 Å². The summed E-state index contributed by atoms with van der Waals surface area (Å²) in [5.74, 6) is 0.367. The van der Waals surface area contributed by atoms with Crippen LogP contribution in [0.2, 0.25) is 5.02 Å². The van der Waals surface area contributed by atoms with E-state index < -0.39 is 0 Å². The van der Waals surface area contributed by atoms with Crippen molar-refractivity contribution >= 4 is 39.5 Å². The summed E-state index contributed by atoms with van der Waals surface area (Å²) in [4.78, 5) is 32.0. The van der Waals surface area contributed by atoms with Crippen LogP contribution in [-0.2, 0) is 6.54 Å². The van der Waals surface area contributed by atoms with Crippen molar-refractivity contribution in [3.05, 3.63) is 87.5 Å². The van der Waals surface area contributed by atoms with Gasteiger partial charge in [0.25, 0.3) is 0 Å². The second-order valence-electron chi connectivity index (χ2n) is 6.45. The van der Waals surface area contributed by atoms with E-state index >= 15 is 0 Å². The van der Waals surface area contributed by atoms with E-state index in [-0.39, 0.29) is 5.69 Å². The molecule has 0 radical (unpaired) electrons. The summed E-state index contributed by atoms with van der Waals surface area (Å²) < 4.78 is 3.25. The SMILES string of the molecule is [C-]#[N+]c1ccc2ncn(-c3ncc4[nH]c(=O)n(Cc5ccc(Cl)cc5)c4n3)c2c1. The molecule has 2 aromatic carbocycles. The first kappa shape index (κ1) is 17.2. The van der Waals surface area contributed by atoms with E-state index in [0.717, 1.165) is 16.6 Å². The first-order chi connectivity index (χ1) is 14.1. The van der Waals surface area contributed by atoms with E-state index in [0.29, 0.717) is 34.4 Å². The number of nitrogens with one attached hydrogen (secondary N) is 1. The number of nitrogens with zero attached hydrogens (tertiary/aromatic N) is 6. The average Bonchev–Trinajstić information content (AvgIpc) is 3.29. The number of halogens is 1. The zero-order valence-corrected chi connectivity index (χ0v) is 15.6. The molecule has 0 unspecified atom stereocenters. The third-order valence-electron chi connectivity index (χ3n) is 4.63. The number of benzene rings is 2. The molecule has 0 bridgehead atoms. The average molecular weight is 402 g/mol. The van der Waals surface area contributed by atoms with Gasteiger partial charge in [-0.3, -0.25) is 9.13 Å². The third kappa shape index (κ3) is 2.94. The Hall–Kier alpha value is -3.96. The number of hydrogen-bond donors (Lipinski definition) is 1. The highest BCUT2D eigenvalue weighted by Crippen LogP contribution is 2.22. The van der Waals surface area contributed by atoms with Crippen molar-refractivity contribution in [2.45, 2.75) is 6.54 Å². The van der Waals surface area contributed by atoms with Crippen molar-refractivity contribution in [3.63, 3.8) is 0 Å². The zero-order chi connectivity index (χ0) is 20.0. The monoisotopic (exact) mass is 401 g/mol. The van der Waals surface area contributed by atoms with Gasteiger partial charge in [-0.1, -0.05) is 29.8 Å². The van der Waals surface area contributed by atoms with Gasteiger partial charge in [0.15, 0.2) is 11.3 Å². The lowest BCUT2D eigenvalue weighted by Gasteiger charge is -2.06. The second-order valence-corrected chi connectivity index (χ2v) is 6.89. The fourth-order valence-corrected chi connectivity index (χ4v) is 3.32. The molecule has 0 atom stereocenters. The van der Waals surface area contributed by atoms with Crippen LogP contribution in [0.1, 0.15) is 5.56 Å². The second kappa shape index (κ2) is 6.58. The van der Waals surface area contributed by atoms with E-state index in [9.17, 15) is 4.79 Å². The van der Waals surface area contributed by atoms with Gasteiger partial charge in [0.1, 0.15) is 11.8 Å². The minimum atomic E-state index is -0.271. The molecule has 29 heavy (non-hydrogen) atoms. The molecular weight excluding hydrogens is 390 g/mol. The van der Waals surface area contributed by atoms with E-state index in [4.69, 9.17) is 18.2 Å². The molecular formula is C20H12ClN7O. The van der Waals surface area contributed by atoms with Gasteiger partial charge in [-0.05, 0) is 29.8 Å². The van der Waals surface area contributed by atoms with Crippen LogP contribution in [0, 0.1) is 6.57 Å². The molecule has 0 aliphatic carbocycles. The molecule has 0 saturated heterocycles. The predicted molar refractivity (Wildman–Crippen MR) is 110 cm³/mol. The van der Waals surface area contributed by atoms with Gasteiger partial charge >= 0.3 is 5.69 Å². The molecule has 140 valence electrons. The highest BCUT2D eigenvalue weighted by atomic mass is 35.5. The molecule has 0 saturated carbocycles. The summed E-state index contributed by atoms with van der Waals surface area (Å²) in [5, 5.41) is 0.635. The molecule has 5 aromatic rings. The molecule has 1 N–H and O–H groups in total. The Labute approximate surface area is 168 Å². The summed E-state index contributed by atoms with van der Waals surface area (Å²) in [6.45, 7) is 7.57. The van der Waals surface area contributed by atoms with Crippen LogP contribution in [-0.4, -0.2) is 29.1 Å². The number of fused-ring (bicyclic) bond motifs is 2. The minimum absolute atomic E-state index is 0.271. The number of aromatic amines is 1. The van der Waals surface area contributed by atoms with E-state index in [1.54, 1.807) is 52.0 Å². The van der Waals surface area contributed by atoms with Crippen molar-refractivity contribution in [2.75, 3.05) is 0 Å². The Morgan fingerprint density at radius 1 is 1.14 bits per heavy atom. The van der Waals surface area contributed by atoms with Crippen LogP contribution >= 0.6 is 11.6 Å². The minimum Gasteiger partial charge on any atom is -0.303 e. The Morgan fingerprint density at radius 3 is 2.76 bits per heavy atom. The molecule has 0 fully saturated rings. The summed E-state index contributed by atoms with van der Waals surface area (Å²) in [6.07, 6.45) is 3.18. The van der Waals surface area contributed by atoms with Crippen molar-refractivity contribution in [3.8, 4) is 5.95 Å². The van der Waals surface area contributed by atoms with Crippen LogP contribution in [0.3, 0.4) is 0 Å². The van der Waals surface area contributed by atoms with Crippen molar-refractivity contribution in [2.24, 2.45) is 0 Å². The Kier molecular flexibility index (Phi) is 3.89. The highest BCUT2D eigenvalue weighted by Gasteiger charge is 2.13. The molecule has 5 rings (SSSR count). The molecule has 0 spiro atoms. The Balaban J connectivity index is 1.65. The van der Waals surface area contributed by atoms with E-state index in [2.05, 4.69) is 24.8 Å². The van der Waals surface area contributed by atoms with Gasteiger partial charge in [-0.25, -0.2) is 19.6 Å². The molecule has 9 heteroatoms. The Morgan fingerprint density at radius 2 is 1.97 bits per heavy atom. The number of hydrogen-bond acceptors (Lipinski definition) is 4. The largest absolute Gasteiger partial charge is 0.328 e. The predicted octanol–water partition coefficient (Wildman–Crippen LogP) is 3.71. The summed E-state index contributed by atoms with van der Waals surface area (Å²) in [5.41, 5.74) is 3.63. The van der Waals surface area contributed by atoms with Crippen LogP contribution in [0.25, 0.3) is 33.0 Å². The van der Waals surface area contributed by atoms with E-state index in [1.165, 1.54) is 0 Å². The quantitative estimate of drug-likeness (QED) is 0.467. The number of aromatic nitrogens is 6. The highest BCUT2D eigenvalue weighted by molar-refractivity contribution is 6.30.